The van der Waals surface area contributed by atoms with Gasteiger partial charge in [0.05, 0.1) is 6.04 Å². The Bertz CT molecular complexity index is 454. The van der Waals surface area contributed by atoms with Crippen LogP contribution in [0.15, 0.2) is 18.2 Å². The van der Waals surface area contributed by atoms with Crippen molar-refractivity contribution in [2.24, 2.45) is 0 Å². The van der Waals surface area contributed by atoms with E-state index in [-0.39, 0.29) is 11.0 Å². The van der Waals surface area contributed by atoms with E-state index in [0.29, 0.717) is 18.5 Å². The highest BCUT2D eigenvalue weighted by Crippen LogP contribution is 2.39. The van der Waals surface area contributed by atoms with E-state index in [0.717, 1.165) is 12.0 Å². The third-order valence-corrected chi connectivity index (χ3v) is 3.96. The van der Waals surface area contributed by atoms with Crippen molar-refractivity contribution in [3.8, 4) is 0 Å². The van der Waals surface area contributed by atoms with Crippen molar-refractivity contribution in [2.75, 3.05) is 6.54 Å². The van der Waals surface area contributed by atoms with E-state index >= 15 is 0 Å². The summed E-state index contributed by atoms with van der Waals surface area (Å²) in [5.41, 5.74) is 1.71. The molecule has 19 heavy (non-hydrogen) atoms. The van der Waals surface area contributed by atoms with Gasteiger partial charge in [-0.15, -0.1) is 0 Å². The lowest BCUT2D eigenvalue weighted by atomic mass is 9.83. The van der Waals surface area contributed by atoms with Crippen molar-refractivity contribution in [3.05, 3.63) is 34.9 Å². The van der Waals surface area contributed by atoms with E-state index in [1.54, 1.807) is 13.0 Å². The van der Waals surface area contributed by atoms with Gasteiger partial charge in [0.15, 0.2) is 0 Å². The standard InChI is InChI=1S/C16H23F2N/c1-11-7-8-12(15(2,3)4)10-13(11)16(17,18)14-6-5-9-19-14/h7-8,10,14,19H,5-6,9H2,1-4H3. The number of alkyl halides is 2. The summed E-state index contributed by atoms with van der Waals surface area (Å²) in [5, 5.41) is 2.93. The summed E-state index contributed by atoms with van der Waals surface area (Å²) >= 11 is 0. The zero-order valence-electron chi connectivity index (χ0n) is 12.2. The van der Waals surface area contributed by atoms with Gasteiger partial charge in [-0.05, 0) is 48.9 Å². The van der Waals surface area contributed by atoms with E-state index < -0.39 is 12.0 Å². The Morgan fingerprint density at radius 1 is 1.21 bits per heavy atom. The number of halogens is 2. The molecule has 0 aliphatic carbocycles. The average molecular weight is 267 g/mol. The first-order valence-electron chi connectivity index (χ1n) is 6.96. The predicted molar refractivity (Wildman–Crippen MR) is 74.8 cm³/mol. The Labute approximate surface area is 114 Å². The average Bonchev–Trinajstić information content (AvgIpc) is 2.81. The van der Waals surface area contributed by atoms with E-state index in [9.17, 15) is 8.78 Å². The molecule has 1 aliphatic rings. The van der Waals surface area contributed by atoms with Crippen molar-refractivity contribution in [3.63, 3.8) is 0 Å². The fraction of sp³-hybridized carbons (Fsp3) is 0.625. The zero-order valence-corrected chi connectivity index (χ0v) is 12.2. The first-order valence-corrected chi connectivity index (χ1v) is 6.96. The molecule has 1 aromatic carbocycles. The van der Waals surface area contributed by atoms with Gasteiger partial charge in [0, 0.05) is 5.56 Å². The van der Waals surface area contributed by atoms with Crippen LogP contribution in [-0.2, 0) is 11.3 Å². The van der Waals surface area contributed by atoms with Crippen LogP contribution >= 0.6 is 0 Å². The Morgan fingerprint density at radius 2 is 1.89 bits per heavy atom. The van der Waals surface area contributed by atoms with E-state index in [4.69, 9.17) is 0 Å². The number of aryl methyl sites for hydroxylation is 1. The van der Waals surface area contributed by atoms with Gasteiger partial charge in [-0.2, -0.15) is 8.78 Å². The second-order valence-corrected chi connectivity index (χ2v) is 6.55. The minimum atomic E-state index is -2.79. The van der Waals surface area contributed by atoms with Gasteiger partial charge in [-0.1, -0.05) is 32.9 Å². The molecule has 1 nitrogen and oxygen atoms in total. The summed E-state index contributed by atoms with van der Waals surface area (Å²) in [7, 11) is 0. The largest absolute Gasteiger partial charge is 0.308 e. The minimum Gasteiger partial charge on any atom is -0.308 e. The fourth-order valence-electron chi connectivity index (χ4n) is 2.63. The van der Waals surface area contributed by atoms with E-state index in [1.807, 2.05) is 32.9 Å². The summed E-state index contributed by atoms with van der Waals surface area (Å²) in [5.74, 6) is -2.79. The fourth-order valence-corrected chi connectivity index (χ4v) is 2.63. The highest BCUT2D eigenvalue weighted by atomic mass is 19.3. The summed E-state index contributed by atoms with van der Waals surface area (Å²) in [6.07, 6.45) is 1.38. The third kappa shape index (κ3) is 2.81. The second kappa shape index (κ2) is 4.86. The second-order valence-electron chi connectivity index (χ2n) is 6.55. The smallest absolute Gasteiger partial charge is 0.288 e. The number of rotatable bonds is 2. The van der Waals surface area contributed by atoms with Crippen LogP contribution in [0.4, 0.5) is 8.78 Å². The highest BCUT2D eigenvalue weighted by molar-refractivity contribution is 5.38. The van der Waals surface area contributed by atoms with Crippen LogP contribution in [0.25, 0.3) is 0 Å². The molecule has 0 amide bonds. The number of nitrogens with one attached hydrogen (secondary N) is 1. The van der Waals surface area contributed by atoms with Crippen LogP contribution in [0.3, 0.4) is 0 Å². The molecule has 3 heteroatoms. The first kappa shape index (κ1) is 14.4. The van der Waals surface area contributed by atoms with Gasteiger partial charge in [0.2, 0.25) is 0 Å². The first-order chi connectivity index (χ1) is 8.73. The maximum Gasteiger partial charge on any atom is 0.288 e. The van der Waals surface area contributed by atoms with E-state index in [1.165, 1.54) is 0 Å². The molecule has 1 aromatic rings. The zero-order chi connectivity index (χ0) is 14.3. The summed E-state index contributed by atoms with van der Waals surface area (Å²) < 4.78 is 29.3. The molecular formula is C16H23F2N. The molecule has 2 rings (SSSR count). The van der Waals surface area contributed by atoms with Gasteiger partial charge in [-0.3, -0.25) is 0 Å². The third-order valence-electron chi connectivity index (χ3n) is 3.96. The normalized spacial score (nSPS) is 20.8. The van der Waals surface area contributed by atoms with Crippen molar-refractivity contribution < 1.29 is 8.78 Å². The molecule has 106 valence electrons. The highest BCUT2D eigenvalue weighted by Gasteiger charge is 2.43. The van der Waals surface area contributed by atoms with Crippen LogP contribution in [0, 0.1) is 6.92 Å². The molecule has 1 N–H and O–H groups in total. The lowest BCUT2D eigenvalue weighted by Crippen LogP contribution is -2.39. The van der Waals surface area contributed by atoms with Gasteiger partial charge < -0.3 is 5.32 Å². The topological polar surface area (TPSA) is 12.0 Å². The number of hydrogen-bond donors (Lipinski definition) is 1. The van der Waals surface area contributed by atoms with Crippen LogP contribution in [0.2, 0.25) is 0 Å². The van der Waals surface area contributed by atoms with Crippen LogP contribution in [0.5, 0.6) is 0 Å². The molecule has 1 aliphatic heterocycles. The summed E-state index contributed by atoms with van der Waals surface area (Å²) in [6.45, 7) is 8.61. The molecule has 1 fully saturated rings. The molecule has 1 atom stereocenters. The molecule has 0 saturated carbocycles. The van der Waals surface area contributed by atoms with Crippen LogP contribution in [-0.4, -0.2) is 12.6 Å². The monoisotopic (exact) mass is 267 g/mol. The SMILES string of the molecule is Cc1ccc(C(C)(C)C)cc1C(F)(F)C1CCCN1. The quantitative estimate of drug-likeness (QED) is 0.849. The maximum absolute atomic E-state index is 14.6. The summed E-state index contributed by atoms with van der Waals surface area (Å²) in [6, 6.07) is 4.74. The summed E-state index contributed by atoms with van der Waals surface area (Å²) in [4.78, 5) is 0. The Balaban J connectivity index is 2.42. The van der Waals surface area contributed by atoms with Crippen LogP contribution in [0.1, 0.15) is 50.3 Å². The Hall–Kier alpha value is -0.960. The van der Waals surface area contributed by atoms with Crippen molar-refractivity contribution >= 4 is 0 Å². The van der Waals surface area contributed by atoms with Gasteiger partial charge >= 0.3 is 0 Å². The van der Waals surface area contributed by atoms with Gasteiger partial charge in [0.25, 0.3) is 5.92 Å². The Kier molecular flexibility index (Phi) is 3.69. The molecule has 0 aromatic heterocycles. The molecule has 1 saturated heterocycles. The van der Waals surface area contributed by atoms with Gasteiger partial charge in [0.1, 0.15) is 0 Å². The van der Waals surface area contributed by atoms with E-state index in [2.05, 4.69) is 5.32 Å². The predicted octanol–water partition coefficient (Wildman–Crippen LogP) is 4.14. The molecular weight excluding hydrogens is 244 g/mol. The molecule has 1 unspecified atom stereocenters. The van der Waals surface area contributed by atoms with Gasteiger partial charge in [-0.25, -0.2) is 0 Å². The Morgan fingerprint density at radius 3 is 2.42 bits per heavy atom. The maximum atomic E-state index is 14.6. The number of benzene rings is 1. The lowest BCUT2D eigenvalue weighted by Gasteiger charge is -2.28. The molecule has 0 radical (unpaired) electrons. The van der Waals surface area contributed by atoms with Crippen molar-refractivity contribution in [2.45, 2.75) is 57.9 Å². The van der Waals surface area contributed by atoms with Crippen molar-refractivity contribution in [1.82, 2.24) is 5.32 Å². The number of hydrogen-bond acceptors (Lipinski definition) is 1. The van der Waals surface area contributed by atoms with Crippen molar-refractivity contribution in [1.29, 1.82) is 0 Å². The molecule has 0 spiro atoms. The molecule has 0 bridgehead atoms. The molecule has 1 heterocycles. The minimum absolute atomic E-state index is 0.109. The van der Waals surface area contributed by atoms with Crippen LogP contribution < -0.4 is 5.32 Å². The lowest BCUT2D eigenvalue weighted by molar-refractivity contribution is -0.0383.